The highest BCUT2D eigenvalue weighted by atomic mass is 16.4. The van der Waals surface area contributed by atoms with Crippen molar-refractivity contribution in [3.05, 3.63) is 47.8 Å². The van der Waals surface area contributed by atoms with E-state index in [4.69, 9.17) is 21.1 Å². The van der Waals surface area contributed by atoms with Gasteiger partial charge in [-0.1, -0.05) is 12.1 Å². The molecule has 136 valence electrons. The molecule has 27 heavy (non-hydrogen) atoms. The monoisotopic (exact) mass is 362 g/mol. The van der Waals surface area contributed by atoms with Crippen LogP contribution < -0.4 is 11.1 Å². The molecule has 0 amide bonds. The zero-order valence-corrected chi connectivity index (χ0v) is 14.5. The van der Waals surface area contributed by atoms with Gasteiger partial charge in [0.15, 0.2) is 5.65 Å². The highest BCUT2D eigenvalue weighted by Crippen LogP contribution is 2.30. The Morgan fingerprint density at radius 2 is 2.22 bits per heavy atom. The van der Waals surface area contributed by atoms with E-state index < -0.39 is 12.0 Å². The Morgan fingerprint density at radius 3 is 2.93 bits per heavy atom. The van der Waals surface area contributed by atoms with Crippen molar-refractivity contribution in [1.82, 2.24) is 19.9 Å². The molecule has 0 bridgehead atoms. The van der Waals surface area contributed by atoms with Crippen LogP contribution in [0.4, 0.5) is 5.82 Å². The first kappa shape index (κ1) is 17.0. The molecule has 3 aromatic rings. The average Bonchev–Trinajstić information content (AvgIpc) is 3.12. The summed E-state index contributed by atoms with van der Waals surface area (Å²) in [6, 6.07) is 10.7. The van der Waals surface area contributed by atoms with E-state index in [0.717, 1.165) is 23.2 Å². The molecular formula is C19H18N6O2. The zero-order chi connectivity index (χ0) is 19.0. The van der Waals surface area contributed by atoms with E-state index in [-0.39, 0.29) is 5.92 Å². The summed E-state index contributed by atoms with van der Waals surface area (Å²) < 4.78 is 1.58. The van der Waals surface area contributed by atoms with Crippen molar-refractivity contribution in [1.29, 1.82) is 5.26 Å². The first-order valence-electron chi connectivity index (χ1n) is 8.67. The van der Waals surface area contributed by atoms with Crippen LogP contribution in [-0.4, -0.2) is 38.3 Å². The number of nitrogens with zero attached hydrogens (tertiary/aromatic N) is 4. The molecule has 1 aliphatic heterocycles. The molecule has 1 saturated heterocycles. The molecule has 0 radical (unpaired) electrons. The highest BCUT2D eigenvalue weighted by molar-refractivity contribution is 5.79. The number of piperidine rings is 1. The van der Waals surface area contributed by atoms with Crippen LogP contribution in [-0.2, 0) is 4.79 Å². The Morgan fingerprint density at radius 1 is 1.37 bits per heavy atom. The van der Waals surface area contributed by atoms with Gasteiger partial charge in [-0.3, -0.25) is 4.79 Å². The normalized spacial score (nSPS) is 19.7. The highest BCUT2D eigenvalue weighted by Gasteiger charge is 2.27. The number of nitrogen functional groups attached to an aromatic ring is 1. The number of hydrogen-bond donors (Lipinski definition) is 3. The summed E-state index contributed by atoms with van der Waals surface area (Å²) in [5.41, 5.74) is 9.83. The van der Waals surface area contributed by atoms with Crippen molar-refractivity contribution in [2.75, 3.05) is 12.3 Å². The first-order chi connectivity index (χ1) is 13.1. The molecule has 0 spiro atoms. The van der Waals surface area contributed by atoms with Crippen LogP contribution in [0.15, 0.2) is 36.5 Å². The predicted octanol–water partition coefficient (Wildman–Crippen LogP) is 1.77. The molecule has 3 heterocycles. The van der Waals surface area contributed by atoms with Crippen molar-refractivity contribution in [3.8, 4) is 17.2 Å². The molecule has 8 nitrogen and oxygen atoms in total. The molecule has 4 N–H and O–H groups in total. The van der Waals surface area contributed by atoms with E-state index in [9.17, 15) is 4.79 Å². The lowest BCUT2D eigenvalue weighted by Gasteiger charge is -2.27. The number of fused-ring (bicyclic) bond motifs is 1. The quantitative estimate of drug-likeness (QED) is 0.647. The Kier molecular flexibility index (Phi) is 4.22. The van der Waals surface area contributed by atoms with Gasteiger partial charge in [-0.15, -0.1) is 0 Å². The molecule has 4 rings (SSSR count). The minimum atomic E-state index is -0.827. The fourth-order valence-electron chi connectivity index (χ4n) is 3.49. The van der Waals surface area contributed by atoms with Gasteiger partial charge in [0.25, 0.3) is 0 Å². The van der Waals surface area contributed by atoms with Crippen molar-refractivity contribution in [3.63, 3.8) is 0 Å². The number of nitrogens with one attached hydrogen (secondary N) is 1. The largest absolute Gasteiger partial charge is 0.480 e. The lowest BCUT2D eigenvalue weighted by Crippen LogP contribution is -2.43. The first-order valence-corrected chi connectivity index (χ1v) is 8.67. The maximum absolute atomic E-state index is 11.1. The molecule has 1 aliphatic rings. The number of nitrogens with two attached hydrogens (primary N) is 1. The third-order valence-corrected chi connectivity index (χ3v) is 4.95. The van der Waals surface area contributed by atoms with Crippen LogP contribution in [0.5, 0.6) is 0 Å². The molecule has 0 aliphatic carbocycles. The predicted molar refractivity (Wildman–Crippen MR) is 99.0 cm³/mol. The fourth-order valence-corrected chi connectivity index (χ4v) is 3.49. The summed E-state index contributed by atoms with van der Waals surface area (Å²) in [6.45, 7) is 0.535. The van der Waals surface area contributed by atoms with Gasteiger partial charge in [0, 0.05) is 24.1 Å². The van der Waals surface area contributed by atoms with E-state index in [0.29, 0.717) is 30.0 Å². The fraction of sp³-hybridized carbons (Fsp3) is 0.263. The number of rotatable bonds is 3. The van der Waals surface area contributed by atoms with Gasteiger partial charge in [-0.05, 0) is 30.5 Å². The van der Waals surface area contributed by atoms with Crippen LogP contribution in [0.25, 0.3) is 16.8 Å². The van der Waals surface area contributed by atoms with Gasteiger partial charge >= 0.3 is 5.97 Å². The third-order valence-electron chi connectivity index (χ3n) is 4.95. The van der Waals surface area contributed by atoms with Gasteiger partial charge in [-0.2, -0.15) is 14.9 Å². The Hall–Kier alpha value is -3.44. The van der Waals surface area contributed by atoms with E-state index in [1.165, 1.54) is 0 Å². The second-order valence-corrected chi connectivity index (χ2v) is 6.67. The number of anilines is 1. The summed E-state index contributed by atoms with van der Waals surface area (Å²) in [4.78, 5) is 15.9. The standard InChI is InChI=1S/C19H18N6O2/c20-8-11-2-1-3-12(6-11)14-10-23-25-17(21)7-16(24-18(14)25)13-4-5-15(19(26)27)22-9-13/h1-3,6-7,10,13,15,22H,4-5,9,21H2,(H,26,27). The molecule has 0 saturated carbocycles. The topological polar surface area (TPSA) is 129 Å². The molecule has 2 atom stereocenters. The number of hydrogen-bond acceptors (Lipinski definition) is 6. The van der Waals surface area contributed by atoms with E-state index >= 15 is 0 Å². The number of carbonyl (C=O) groups is 1. The van der Waals surface area contributed by atoms with Crippen molar-refractivity contribution in [2.45, 2.75) is 24.8 Å². The maximum Gasteiger partial charge on any atom is 0.320 e. The van der Waals surface area contributed by atoms with Crippen molar-refractivity contribution in [2.24, 2.45) is 0 Å². The summed E-state index contributed by atoms with van der Waals surface area (Å²) in [5, 5.41) is 25.6. The van der Waals surface area contributed by atoms with Crippen LogP contribution in [0.1, 0.15) is 30.0 Å². The third kappa shape index (κ3) is 3.09. The average molecular weight is 362 g/mol. The number of aliphatic carboxylic acids is 1. The van der Waals surface area contributed by atoms with Crippen LogP contribution >= 0.6 is 0 Å². The molecule has 1 fully saturated rings. The Balaban J connectivity index is 1.72. The second-order valence-electron chi connectivity index (χ2n) is 6.67. The van der Waals surface area contributed by atoms with Crippen molar-refractivity contribution < 1.29 is 9.90 Å². The van der Waals surface area contributed by atoms with Gasteiger partial charge in [0.2, 0.25) is 0 Å². The minimum absolute atomic E-state index is 0.0843. The smallest absolute Gasteiger partial charge is 0.320 e. The summed E-state index contributed by atoms with van der Waals surface area (Å²) in [5.74, 6) is -0.272. The number of aromatic nitrogens is 3. The molecule has 2 unspecified atom stereocenters. The number of nitriles is 1. The summed E-state index contributed by atoms with van der Waals surface area (Å²) >= 11 is 0. The SMILES string of the molecule is N#Cc1cccc(-c2cnn3c(N)cc(C4CCC(C(=O)O)NC4)nc23)c1. The minimum Gasteiger partial charge on any atom is -0.480 e. The van der Waals surface area contributed by atoms with Crippen LogP contribution in [0.2, 0.25) is 0 Å². The Labute approximate surface area is 155 Å². The van der Waals surface area contributed by atoms with E-state index in [1.54, 1.807) is 28.9 Å². The molecular weight excluding hydrogens is 344 g/mol. The number of carboxylic acid groups (broad SMARTS) is 1. The number of benzene rings is 1. The van der Waals surface area contributed by atoms with Gasteiger partial charge in [-0.25, -0.2) is 4.98 Å². The second kappa shape index (κ2) is 6.70. The lowest BCUT2D eigenvalue weighted by atomic mass is 9.92. The van der Waals surface area contributed by atoms with Gasteiger partial charge < -0.3 is 16.2 Å². The van der Waals surface area contributed by atoms with E-state index in [1.807, 2.05) is 12.1 Å². The summed E-state index contributed by atoms with van der Waals surface area (Å²) in [6.07, 6.45) is 2.96. The maximum atomic E-state index is 11.1. The van der Waals surface area contributed by atoms with Crippen LogP contribution in [0.3, 0.4) is 0 Å². The molecule has 8 heteroatoms. The molecule has 2 aromatic heterocycles. The van der Waals surface area contributed by atoms with Gasteiger partial charge in [0.1, 0.15) is 11.9 Å². The molecule has 1 aromatic carbocycles. The van der Waals surface area contributed by atoms with Crippen molar-refractivity contribution >= 4 is 17.4 Å². The lowest BCUT2D eigenvalue weighted by molar-refractivity contribution is -0.140. The van der Waals surface area contributed by atoms with Gasteiger partial charge in [0.05, 0.1) is 23.5 Å². The zero-order valence-electron chi connectivity index (χ0n) is 14.5. The number of carboxylic acids is 1. The van der Waals surface area contributed by atoms with Crippen LogP contribution in [0, 0.1) is 11.3 Å². The van der Waals surface area contributed by atoms with E-state index in [2.05, 4.69) is 16.5 Å². The Bertz CT molecular complexity index is 1060. The summed E-state index contributed by atoms with van der Waals surface area (Å²) in [7, 11) is 0.